The molecule has 4 aliphatic rings. The standard InChI is InChI=1S/C29H41N3O5/c1-29(2,3)15-22(28(35)32-16-24(36-4)26-25(32)23(33)17-37-26)30-27(34)20-7-5-18(6-8-20)19-11-13-31(14-12-19)21-9-10-21/h5-8,19,21-22,24-26H,9-17H2,1-4H3,(H,30,34)/t22-,24-,25+,26+/m0/s1. The van der Waals surface area contributed by atoms with Crippen molar-refractivity contribution in [1.82, 2.24) is 15.1 Å². The number of carbonyl (C=O) groups is 3. The van der Waals surface area contributed by atoms with Gasteiger partial charge in [0.15, 0.2) is 5.78 Å². The number of hydrogen-bond acceptors (Lipinski definition) is 6. The van der Waals surface area contributed by atoms with Gasteiger partial charge in [-0.25, -0.2) is 0 Å². The van der Waals surface area contributed by atoms with Crippen molar-refractivity contribution >= 4 is 17.6 Å². The van der Waals surface area contributed by atoms with Gasteiger partial charge in [0.05, 0.1) is 6.54 Å². The summed E-state index contributed by atoms with van der Waals surface area (Å²) in [6.45, 7) is 8.70. The Morgan fingerprint density at radius 1 is 1.11 bits per heavy atom. The van der Waals surface area contributed by atoms with Gasteiger partial charge in [0, 0.05) is 18.7 Å². The Morgan fingerprint density at radius 3 is 2.38 bits per heavy atom. The van der Waals surface area contributed by atoms with Gasteiger partial charge in [-0.2, -0.15) is 0 Å². The van der Waals surface area contributed by atoms with Gasteiger partial charge < -0.3 is 24.6 Å². The summed E-state index contributed by atoms with van der Waals surface area (Å²) in [7, 11) is 1.57. The molecule has 3 aliphatic heterocycles. The summed E-state index contributed by atoms with van der Waals surface area (Å²) in [5, 5.41) is 2.99. The lowest BCUT2D eigenvalue weighted by molar-refractivity contribution is -0.138. The lowest BCUT2D eigenvalue weighted by atomic mass is 9.87. The molecule has 37 heavy (non-hydrogen) atoms. The molecule has 0 aromatic heterocycles. The highest BCUT2D eigenvalue weighted by molar-refractivity contribution is 5.99. The van der Waals surface area contributed by atoms with Crippen molar-refractivity contribution in [2.75, 3.05) is 33.4 Å². The van der Waals surface area contributed by atoms with E-state index in [0.717, 1.165) is 32.0 Å². The van der Waals surface area contributed by atoms with Crippen LogP contribution in [0.2, 0.25) is 0 Å². The SMILES string of the molecule is CO[C@H]1CN(C(=O)[C@H](CC(C)(C)C)NC(=O)c2ccc(C3CCN(C4CC4)CC3)cc2)[C@@H]2C(=O)CO[C@H]12. The maximum Gasteiger partial charge on any atom is 0.251 e. The van der Waals surface area contributed by atoms with Crippen LogP contribution >= 0.6 is 0 Å². The molecule has 0 spiro atoms. The van der Waals surface area contributed by atoms with Crippen molar-refractivity contribution in [1.29, 1.82) is 0 Å². The minimum absolute atomic E-state index is 0.0127. The van der Waals surface area contributed by atoms with Gasteiger partial charge in [0.25, 0.3) is 5.91 Å². The highest BCUT2D eigenvalue weighted by Gasteiger charge is 2.53. The topological polar surface area (TPSA) is 88.2 Å². The molecule has 4 atom stereocenters. The Hall–Kier alpha value is -2.29. The first-order valence-electron chi connectivity index (χ1n) is 13.8. The van der Waals surface area contributed by atoms with Crippen LogP contribution in [0.3, 0.4) is 0 Å². The number of Topliss-reactive ketones (excluding diaryl/α,β-unsaturated/α-hetero) is 1. The Bertz CT molecular complexity index is 1010. The quantitative estimate of drug-likeness (QED) is 0.606. The Balaban J connectivity index is 1.26. The number of ether oxygens (including phenoxy) is 2. The molecule has 1 saturated carbocycles. The van der Waals surface area contributed by atoms with Crippen LogP contribution in [0.1, 0.15) is 74.7 Å². The van der Waals surface area contributed by atoms with E-state index in [0.29, 0.717) is 17.9 Å². The van der Waals surface area contributed by atoms with Crippen molar-refractivity contribution in [3.05, 3.63) is 35.4 Å². The smallest absolute Gasteiger partial charge is 0.251 e. The number of hydrogen-bond donors (Lipinski definition) is 1. The highest BCUT2D eigenvalue weighted by atomic mass is 16.5. The fourth-order valence-electron chi connectivity index (χ4n) is 6.25. The molecule has 1 aliphatic carbocycles. The molecule has 5 rings (SSSR count). The Labute approximate surface area is 220 Å². The van der Waals surface area contributed by atoms with Gasteiger partial charge >= 0.3 is 0 Å². The van der Waals surface area contributed by atoms with Crippen molar-refractivity contribution < 1.29 is 23.9 Å². The zero-order valence-electron chi connectivity index (χ0n) is 22.6. The van der Waals surface area contributed by atoms with E-state index in [1.165, 1.54) is 18.4 Å². The Morgan fingerprint density at radius 2 is 1.78 bits per heavy atom. The number of amides is 2. The van der Waals surface area contributed by atoms with E-state index in [1.807, 2.05) is 32.9 Å². The molecule has 202 valence electrons. The van der Waals surface area contributed by atoms with Crippen LogP contribution in [-0.2, 0) is 19.1 Å². The monoisotopic (exact) mass is 511 g/mol. The van der Waals surface area contributed by atoms with Crippen molar-refractivity contribution in [3.63, 3.8) is 0 Å². The van der Waals surface area contributed by atoms with Crippen LogP contribution in [0.5, 0.6) is 0 Å². The number of carbonyl (C=O) groups excluding carboxylic acids is 3. The second-order valence-corrected chi connectivity index (χ2v) is 12.4. The summed E-state index contributed by atoms with van der Waals surface area (Å²) in [6.07, 6.45) is 4.67. The number of rotatable bonds is 7. The van der Waals surface area contributed by atoms with E-state index in [9.17, 15) is 14.4 Å². The summed E-state index contributed by atoms with van der Waals surface area (Å²) in [5.74, 6) is -0.107. The minimum Gasteiger partial charge on any atom is -0.377 e. The molecule has 1 aromatic carbocycles. The number of benzene rings is 1. The van der Waals surface area contributed by atoms with Crippen LogP contribution in [0.4, 0.5) is 0 Å². The van der Waals surface area contributed by atoms with Crippen molar-refractivity contribution in [3.8, 4) is 0 Å². The average Bonchev–Trinajstić information content (AvgIpc) is 3.56. The van der Waals surface area contributed by atoms with Crippen LogP contribution in [0.25, 0.3) is 0 Å². The molecular weight excluding hydrogens is 470 g/mol. The zero-order chi connectivity index (χ0) is 26.3. The minimum atomic E-state index is -0.747. The second-order valence-electron chi connectivity index (χ2n) is 12.4. The van der Waals surface area contributed by atoms with E-state index < -0.39 is 18.2 Å². The molecule has 3 heterocycles. The number of nitrogens with one attached hydrogen (secondary N) is 1. The molecule has 8 nitrogen and oxygen atoms in total. The third-order valence-electron chi connectivity index (χ3n) is 8.38. The number of ketones is 1. The van der Waals surface area contributed by atoms with E-state index in [-0.39, 0.29) is 42.3 Å². The largest absolute Gasteiger partial charge is 0.377 e. The summed E-state index contributed by atoms with van der Waals surface area (Å²) < 4.78 is 11.1. The molecule has 2 amide bonds. The maximum absolute atomic E-state index is 13.7. The third kappa shape index (κ3) is 5.76. The summed E-state index contributed by atoms with van der Waals surface area (Å²) in [6, 6.07) is 7.30. The molecule has 1 N–H and O–H groups in total. The number of nitrogens with zero attached hydrogens (tertiary/aromatic N) is 2. The summed E-state index contributed by atoms with van der Waals surface area (Å²) in [5.41, 5.74) is 1.62. The first-order valence-corrected chi connectivity index (χ1v) is 13.8. The lowest BCUT2D eigenvalue weighted by Crippen LogP contribution is -2.53. The molecule has 1 aromatic rings. The number of likely N-dealkylation sites (tertiary alicyclic amines) is 2. The number of piperidine rings is 1. The fourth-order valence-corrected chi connectivity index (χ4v) is 6.25. The molecule has 0 bridgehead atoms. The van der Waals surface area contributed by atoms with Gasteiger partial charge in [-0.15, -0.1) is 0 Å². The van der Waals surface area contributed by atoms with Gasteiger partial charge in [-0.05, 0) is 74.2 Å². The molecule has 0 unspecified atom stereocenters. The summed E-state index contributed by atoms with van der Waals surface area (Å²) >= 11 is 0. The van der Waals surface area contributed by atoms with E-state index in [4.69, 9.17) is 9.47 Å². The van der Waals surface area contributed by atoms with E-state index in [2.05, 4.69) is 22.3 Å². The van der Waals surface area contributed by atoms with E-state index in [1.54, 1.807) is 12.0 Å². The average molecular weight is 512 g/mol. The fraction of sp³-hybridized carbons (Fsp3) is 0.690. The van der Waals surface area contributed by atoms with Crippen LogP contribution in [0, 0.1) is 5.41 Å². The summed E-state index contributed by atoms with van der Waals surface area (Å²) in [4.78, 5) is 43.7. The van der Waals surface area contributed by atoms with Gasteiger partial charge in [0.1, 0.15) is 30.9 Å². The van der Waals surface area contributed by atoms with Crippen molar-refractivity contribution in [2.45, 2.75) is 89.1 Å². The molecule has 4 fully saturated rings. The normalized spacial score (nSPS) is 27.8. The van der Waals surface area contributed by atoms with Gasteiger partial charge in [0.2, 0.25) is 5.91 Å². The Kier molecular flexibility index (Phi) is 7.44. The first kappa shape index (κ1) is 26.3. The molecule has 0 radical (unpaired) electrons. The molecule has 8 heteroatoms. The predicted molar refractivity (Wildman–Crippen MR) is 139 cm³/mol. The van der Waals surface area contributed by atoms with Crippen LogP contribution in [0.15, 0.2) is 24.3 Å². The zero-order valence-corrected chi connectivity index (χ0v) is 22.6. The molecule has 3 saturated heterocycles. The van der Waals surface area contributed by atoms with Crippen LogP contribution in [-0.4, -0.2) is 91.1 Å². The predicted octanol–water partition coefficient (Wildman–Crippen LogP) is 2.76. The second kappa shape index (κ2) is 10.5. The number of fused-ring (bicyclic) bond motifs is 1. The van der Waals surface area contributed by atoms with Gasteiger partial charge in [-0.3, -0.25) is 14.4 Å². The first-order chi connectivity index (χ1) is 17.6. The number of methoxy groups -OCH3 is 1. The van der Waals surface area contributed by atoms with Crippen LogP contribution < -0.4 is 5.32 Å². The van der Waals surface area contributed by atoms with Crippen molar-refractivity contribution in [2.24, 2.45) is 5.41 Å². The van der Waals surface area contributed by atoms with Gasteiger partial charge in [-0.1, -0.05) is 32.9 Å². The van der Waals surface area contributed by atoms with E-state index >= 15 is 0 Å². The maximum atomic E-state index is 13.7. The highest BCUT2D eigenvalue weighted by Crippen LogP contribution is 2.35. The molecular formula is C29H41N3O5. The lowest BCUT2D eigenvalue weighted by Gasteiger charge is -2.32. The third-order valence-corrected chi connectivity index (χ3v) is 8.38.